The molecule has 1 saturated heterocycles. The molecule has 0 atom stereocenters. The first-order valence-electron chi connectivity index (χ1n) is 5.17. The highest BCUT2D eigenvalue weighted by molar-refractivity contribution is 6.07. The lowest BCUT2D eigenvalue weighted by molar-refractivity contribution is -0.127. The van der Waals surface area contributed by atoms with Crippen molar-refractivity contribution in [2.24, 2.45) is 0 Å². The zero-order valence-corrected chi connectivity index (χ0v) is 9.96. The maximum absolute atomic E-state index is 11.5. The largest absolute Gasteiger partial charge is 0.352 e. The van der Waals surface area contributed by atoms with Gasteiger partial charge >= 0.3 is 6.03 Å². The fourth-order valence-corrected chi connectivity index (χ4v) is 1.47. The van der Waals surface area contributed by atoms with E-state index in [1.807, 2.05) is 13.8 Å². The summed E-state index contributed by atoms with van der Waals surface area (Å²) < 4.78 is 0. The average molecular weight is 227 g/mol. The molecule has 1 aliphatic rings. The molecule has 1 aliphatic heterocycles. The van der Waals surface area contributed by atoms with Crippen LogP contribution in [0.4, 0.5) is 4.79 Å². The molecule has 1 rings (SSSR count). The van der Waals surface area contributed by atoms with E-state index in [4.69, 9.17) is 0 Å². The summed E-state index contributed by atoms with van der Waals surface area (Å²) in [7, 11) is 0. The van der Waals surface area contributed by atoms with Crippen LogP contribution < -0.4 is 10.6 Å². The highest BCUT2D eigenvalue weighted by Crippen LogP contribution is 2.19. The molecule has 16 heavy (non-hydrogen) atoms. The molecule has 1 heterocycles. The number of hydrogen-bond donors (Lipinski definition) is 2. The second kappa shape index (κ2) is 4.11. The van der Waals surface area contributed by atoms with Crippen molar-refractivity contribution in [1.82, 2.24) is 15.5 Å². The third-order valence-electron chi connectivity index (χ3n) is 2.45. The van der Waals surface area contributed by atoms with Crippen LogP contribution in [-0.4, -0.2) is 40.9 Å². The lowest BCUT2D eigenvalue weighted by atomic mass is 10.0. The predicted octanol–water partition coefficient (Wildman–Crippen LogP) is -0.159. The molecule has 90 valence electrons. The number of carbonyl (C=O) groups is 3. The van der Waals surface area contributed by atoms with Crippen LogP contribution in [0, 0.1) is 0 Å². The van der Waals surface area contributed by atoms with Crippen LogP contribution in [0.25, 0.3) is 0 Å². The van der Waals surface area contributed by atoms with Crippen LogP contribution >= 0.6 is 0 Å². The highest BCUT2D eigenvalue weighted by atomic mass is 16.2. The Hall–Kier alpha value is -1.59. The summed E-state index contributed by atoms with van der Waals surface area (Å²) in [4.78, 5) is 35.6. The van der Waals surface area contributed by atoms with E-state index in [2.05, 4.69) is 10.6 Å². The number of nitrogens with one attached hydrogen (secondary N) is 2. The monoisotopic (exact) mass is 227 g/mol. The van der Waals surface area contributed by atoms with E-state index < -0.39 is 11.6 Å². The highest BCUT2D eigenvalue weighted by Gasteiger charge is 2.46. The molecule has 0 aliphatic carbocycles. The minimum atomic E-state index is -0.967. The summed E-state index contributed by atoms with van der Waals surface area (Å²) in [5.41, 5.74) is -0.967. The molecule has 1 fully saturated rings. The van der Waals surface area contributed by atoms with Crippen LogP contribution in [0.2, 0.25) is 0 Å². The number of amides is 4. The van der Waals surface area contributed by atoms with Crippen LogP contribution in [-0.2, 0) is 9.59 Å². The van der Waals surface area contributed by atoms with Gasteiger partial charge in [0.1, 0.15) is 12.1 Å². The summed E-state index contributed by atoms with van der Waals surface area (Å²) in [6.07, 6.45) is 0. The zero-order chi connectivity index (χ0) is 12.5. The van der Waals surface area contributed by atoms with E-state index in [9.17, 15) is 14.4 Å². The first-order chi connectivity index (χ1) is 7.25. The van der Waals surface area contributed by atoms with E-state index in [0.717, 1.165) is 0 Å². The zero-order valence-electron chi connectivity index (χ0n) is 9.96. The minimum absolute atomic E-state index is 0.0111. The van der Waals surface area contributed by atoms with Gasteiger partial charge in [0.05, 0.1) is 0 Å². The Labute approximate surface area is 94.4 Å². The minimum Gasteiger partial charge on any atom is -0.352 e. The lowest BCUT2D eigenvalue weighted by Crippen LogP contribution is -2.49. The summed E-state index contributed by atoms with van der Waals surface area (Å²) in [6.45, 7) is 6.77. The second-order valence-electron chi connectivity index (χ2n) is 4.63. The molecular weight excluding hydrogens is 210 g/mol. The van der Waals surface area contributed by atoms with Crippen molar-refractivity contribution in [3.05, 3.63) is 0 Å². The molecule has 2 N–H and O–H groups in total. The van der Waals surface area contributed by atoms with Gasteiger partial charge in [-0.3, -0.25) is 14.9 Å². The van der Waals surface area contributed by atoms with E-state index in [0.29, 0.717) is 0 Å². The van der Waals surface area contributed by atoms with Crippen molar-refractivity contribution in [3.8, 4) is 0 Å². The Balaban J connectivity index is 2.70. The Morgan fingerprint density at radius 2 is 2.00 bits per heavy atom. The number of nitrogens with zero attached hydrogens (tertiary/aromatic N) is 1. The van der Waals surface area contributed by atoms with Crippen LogP contribution in [0.5, 0.6) is 0 Å². The quantitative estimate of drug-likeness (QED) is 0.658. The molecular formula is C10H17N3O3. The van der Waals surface area contributed by atoms with Crippen molar-refractivity contribution < 1.29 is 14.4 Å². The second-order valence-corrected chi connectivity index (χ2v) is 4.63. The SMILES string of the molecule is CC(C)NC(=O)CN1C(=O)NC(=O)C1(C)C. The average Bonchev–Trinajstić information content (AvgIpc) is 2.27. The Bertz CT molecular complexity index is 336. The number of imide groups is 1. The molecule has 0 aromatic heterocycles. The molecule has 0 aromatic rings. The summed E-state index contributed by atoms with van der Waals surface area (Å²) in [6, 6.07) is -0.508. The van der Waals surface area contributed by atoms with E-state index >= 15 is 0 Å². The number of urea groups is 1. The van der Waals surface area contributed by atoms with Gasteiger partial charge in [0.15, 0.2) is 0 Å². The third-order valence-corrected chi connectivity index (χ3v) is 2.45. The molecule has 0 bridgehead atoms. The van der Waals surface area contributed by atoms with Gasteiger partial charge in [0.2, 0.25) is 5.91 Å². The van der Waals surface area contributed by atoms with E-state index in [1.165, 1.54) is 4.90 Å². The molecule has 6 heteroatoms. The standard InChI is InChI=1S/C10H17N3O3/c1-6(2)11-7(14)5-13-9(16)12-8(15)10(13,3)4/h6H,5H2,1-4H3,(H,11,14)(H,12,15,16). The Morgan fingerprint density at radius 3 is 2.38 bits per heavy atom. The van der Waals surface area contributed by atoms with Crippen molar-refractivity contribution >= 4 is 17.8 Å². The molecule has 0 unspecified atom stereocenters. The topological polar surface area (TPSA) is 78.5 Å². The van der Waals surface area contributed by atoms with Gasteiger partial charge in [0, 0.05) is 6.04 Å². The normalized spacial score (nSPS) is 18.9. The Morgan fingerprint density at radius 1 is 1.44 bits per heavy atom. The number of hydrogen-bond acceptors (Lipinski definition) is 3. The van der Waals surface area contributed by atoms with Crippen LogP contribution in [0.15, 0.2) is 0 Å². The van der Waals surface area contributed by atoms with Gasteiger partial charge in [-0.15, -0.1) is 0 Å². The first kappa shape index (κ1) is 12.5. The summed E-state index contributed by atoms with van der Waals surface area (Å²) in [5, 5.41) is 4.85. The fraction of sp³-hybridized carbons (Fsp3) is 0.700. The Kier molecular flexibility index (Phi) is 3.21. The molecule has 0 spiro atoms. The van der Waals surface area contributed by atoms with E-state index in [-0.39, 0.29) is 24.4 Å². The van der Waals surface area contributed by atoms with Crippen molar-refractivity contribution in [3.63, 3.8) is 0 Å². The molecule has 0 radical (unpaired) electrons. The van der Waals surface area contributed by atoms with Gasteiger partial charge in [0.25, 0.3) is 5.91 Å². The lowest BCUT2D eigenvalue weighted by Gasteiger charge is -2.27. The van der Waals surface area contributed by atoms with Gasteiger partial charge in [-0.1, -0.05) is 0 Å². The van der Waals surface area contributed by atoms with Gasteiger partial charge in [-0.2, -0.15) is 0 Å². The summed E-state index contributed by atoms with van der Waals surface area (Å²) in [5.74, 6) is -0.650. The molecule has 0 saturated carbocycles. The smallest absolute Gasteiger partial charge is 0.325 e. The predicted molar refractivity (Wildman–Crippen MR) is 57.6 cm³/mol. The van der Waals surface area contributed by atoms with Crippen LogP contribution in [0.1, 0.15) is 27.7 Å². The van der Waals surface area contributed by atoms with Crippen molar-refractivity contribution in [1.29, 1.82) is 0 Å². The maximum Gasteiger partial charge on any atom is 0.325 e. The first-order valence-corrected chi connectivity index (χ1v) is 5.17. The number of carbonyl (C=O) groups excluding carboxylic acids is 3. The number of rotatable bonds is 3. The van der Waals surface area contributed by atoms with E-state index in [1.54, 1.807) is 13.8 Å². The fourth-order valence-electron chi connectivity index (χ4n) is 1.47. The summed E-state index contributed by atoms with van der Waals surface area (Å²) >= 11 is 0. The molecule has 6 nitrogen and oxygen atoms in total. The van der Waals surface area contributed by atoms with Gasteiger partial charge in [-0.25, -0.2) is 4.79 Å². The van der Waals surface area contributed by atoms with Gasteiger partial charge in [-0.05, 0) is 27.7 Å². The molecule has 4 amide bonds. The van der Waals surface area contributed by atoms with Crippen molar-refractivity contribution in [2.75, 3.05) is 6.54 Å². The van der Waals surface area contributed by atoms with Crippen molar-refractivity contribution in [2.45, 2.75) is 39.3 Å². The van der Waals surface area contributed by atoms with Gasteiger partial charge < -0.3 is 10.2 Å². The maximum atomic E-state index is 11.5. The van der Waals surface area contributed by atoms with Crippen LogP contribution in [0.3, 0.4) is 0 Å². The third kappa shape index (κ3) is 2.32. The molecule has 0 aromatic carbocycles.